The fourth-order valence-electron chi connectivity index (χ4n) is 3.18. The third kappa shape index (κ3) is 3.23. The summed E-state index contributed by atoms with van der Waals surface area (Å²) < 4.78 is 12.8. The molecule has 140 valence electrons. The van der Waals surface area contributed by atoms with E-state index in [0.29, 0.717) is 24.6 Å². The molecular formula is C18H19N5O4. The summed E-state index contributed by atoms with van der Waals surface area (Å²) in [6.07, 6.45) is 2.22. The monoisotopic (exact) mass is 369 g/mol. The third-order valence-electron chi connectivity index (χ3n) is 4.37. The molecule has 27 heavy (non-hydrogen) atoms. The van der Waals surface area contributed by atoms with Crippen LogP contribution in [0.15, 0.2) is 30.5 Å². The van der Waals surface area contributed by atoms with Gasteiger partial charge in [0.05, 0.1) is 6.61 Å². The van der Waals surface area contributed by atoms with Crippen LogP contribution in [0.4, 0.5) is 11.6 Å². The molecule has 4 rings (SSSR count). The first-order chi connectivity index (χ1) is 13.0. The normalized spacial score (nSPS) is 15.4. The Balaban J connectivity index is 1.60. The molecule has 0 amide bonds. The van der Waals surface area contributed by atoms with Crippen LogP contribution in [0.5, 0.6) is 11.5 Å². The van der Waals surface area contributed by atoms with Gasteiger partial charge in [-0.05, 0) is 37.0 Å². The molecule has 0 aliphatic carbocycles. The Bertz CT molecular complexity index is 1020. The second-order valence-corrected chi connectivity index (χ2v) is 6.35. The quantitative estimate of drug-likeness (QED) is 0.526. The number of nitrogens with zero attached hydrogens (tertiary/aromatic N) is 4. The molecule has 0 fully saturated rings. The summed E-state index contributed by atoms with van der Waals surface area (Å²) in [5.41, 5.74) is 2.50. The largest absolute Gasteiger partial charge is 0.494 e. The standard InChI is InChI=1S/C18H19N5O4/c1-3-26-14-7-12-6-11(2)27-15(12)8-13(14)9-19-16-4-5-17-20-10-18(23(24)25)22(17)21-16/h4-5,7-8,10-11H,3,6,9H2,1-2H3,(H,19,21). The van der Waals surface area contributed by atoms with E-state index < -0.39 is 4.92 Å². The van der Waals surface area contributed by atoms with Crippen molar-refractivity contribution < 1.29 is 14.4 Å². The van der Waals surface area contributed by atoms with Gasteiger partial charge in [-0.2, -0.15) is 0 Å². The Labute approximate surface area is 155 Å². The molecule has 0 saturated heterocycles. The predicted molar refractivity (Wildman–Crippen MR) is 98.4 cm³/mol. The van der Waals surface area contributed by atoms with Crippen molar-refractivity contribution in [1.82, 2.24) is 14.6 Å². The highest BCUT2D eigenvalue weighted by atomic mass is 16.6. The van der Waals surface area contributed by atoms with Gasteiger partial charge in [-0.1, -0.05) is 9.61 Å². The molecule has 1 N–H and O–H groups in total. The lowest BCUT2D eigenvalue weighted by Gasteiger charge is -2.13. The Morgan fingerprint density at radius 2 is 2.30 bits per heavy atom. The molecule has 1 aliphatic rings. The molecule has 0 spiro atoms. The van der Waals surface area contributed by atoms with Crippen molar-refractivity contribution in [3.05, 3.63) is 51.7 Å². The highest BCUT2D eigenvalue weighted by Crippen LogP contribution is 2.35. The predicted octanol–water partition coefficient (Wildman–Crippen LogP) is 2.97. The van der Waals surface area contributed by atoms with Gasteiger partial charge in [0.15, 0.2) is 5.82 Å². The van der Waals surface area contributed by atoms with Gasteiger partial charge in [0, 0.05) is 30.2 Å². The lowest BCUT2D eigenvalue weighted by atomic mass is 10.1. The highest BCUT2D eigenvalue weighted by molar-refractivity contribution is 5.51. The number of hydrogen-bond donors (Lipinski definition) is 1. The molecule has 0 radical (unpaired) electrons. The maximum absolute atomic E-state index is 11.1. The maximum atomic E-state index is 11.1. The number of nitro groups is 1. The Hall–Kier alpha value is -3.36. The van der Waals surface area contributed by atoms with E-state index in [-0.39, 0.29) is 11.9 Å². The second-order valence-electron chi connectivity index (χ2n) is 6.35. The number of benzene rings is 1. The number of anilines is 1. The van der Waals surface area contributed by atoms with E-state index in [2.05, 4.69) is 15.4 Å². The Kier molecular flexibility index (Phi) is 4.27. The lowest BCUT2D eigenvalue weighted by molar-refractivity contribution is -0.391. The van der Waals surface area contributed by atoms with Crippen LogP contribution in [0.3, 0.4) is 0 Å². The van der Waals surface area contributed by atoms with Gasteiger partial charge in [-0.3, -0.25) is 0 Å². The Morgan fingerprint density at radius 1 is 1.44 bits per heavy atom. The first-order valence-corrected chi connectivity index (χ1v) is 8.73. The van der Waals surface area contributed by atoms with Gasteiger partial charge in [0.2, 0.25) is 5.65 Å². The van der Waals surface area contributed by atoms with Crippen molar-refractivity contribution in [3.8, 4) is 11.5 Å². The third-order valence-corrected chi connectivity index (χ3v) is 4.37. The van der Waals surface area contributed by atoms with Gasteiger partial charge in [0.1, 0.15) is 23.8 Å². The minimum Gasteiger partial charge on any atom is -0.494 e. The summed E-state index contributed by atoms with van der Waals surface area (Å²) in [5, 5.41) is 18.5. The summed E-state index contributed by atoms with van der Waals surface area (Å²) in [4.78, 5) is 14.5. The fraction of sp³-hybridized carbons (Fsp3) is 0.333. The average molecular weight is 369 g/mol. The van der Waals surface area contributed by atoms with Crippen molar-refractivity contribution in [2.75, 3.05) is 11.9 Å². The first kappa shape index (κ1) is 17.1. The van der Waals surface area contributed by atoms with Gasteiger partial charge < -0.3 is 24.9 Å². The van der Waals surface area contributed by atoms with Crippen molar-refractivity contribution in [2.24, 2.45) is 0 Å². The van der Waals surface area contributed by atoms with Crippen LogP contribution in [0.1, 0.15) is 25.0 Å². The van der Waals surface area contributed by atoms with Crippen molar-refractivity contribution in [3.63, 3.8) is 0 Å². The molecule has 9 heteroatoms. The summed E-state index contributed by atoms with van der Waals surface area (Å²) >= 11 is 0. The van der Waals surface area contributed by atoms with E-state index in [1.54, 1.807) is 12.1 Å². The summed E-state index contributed by atoms with van der Waals surface area (Å²) in [6.45, 7) is 4.99. The van der Waals surface area contributed by atoms with Crippen molar-refractivity contribution >= 4 is 17.3 Å². The maximum Gasteiger partial charge on any atom is 0.368 e. The van der Waals surface area contributed by atoms with Crippen LogP contribution in [0, 0.1) is 10.1 Å². The minimum absolute atomic E-state index is 0.156. The van der Waals surface area contributed by atoms with E-state index in [1.165, 1.54) is 10.7 Å². The van der Waals surface area contributed by atoms with Gasteiger partial charge in [-0.25, -0.2) is 4.98 Å². The van der Waals surface area contributed by atoms with E-state index in [4.69, 9.17) is 9.47 Å². The lowest BCUT2D eigenvalue weighted by Crippen LogP contribution is -2.07. The molecule has 3 heterocycles. The van der Waals surface area contributed by atoms with Crippen LogP contribution < -0.4 is 14.8 Å². The summed E-state index contributed by atoms with van der Waals surface area (Å²) in [6, 6.07) is 7.42. The number of aromatic nitrogens is 3. The zero-order valence-electron chi connectivity index (χ0n) is 15.0. The highest BCUT2D eigenvalue weighted by Gasteiger charge is 2.22. The van der Waals surface area contributed by atoms with Crippen molar-refractivity contribution in [2.45, 2.75) is 32.9 Å². The zero-order valence-corrected chi connectivity index (χ0v) is 15.0. The molecule has 3 aromatic rings. The van der Waals surface area contributed by atoms with E-state index >= 15 is 0 Å². The topological polar surface area (TPSA) is 104 Å². The number of fused-ring (bicyclic) bond motifs is 2. The molecular weight excluding hydrogens is 350 g/mol. The molecule has 2 aromatic heterocycles. The van der Waals surface area contributed by atoms with Crippen LogP contribution in [-0.2, 0) is 13.0 Å². The number of hydrogen-bond acceptors (Lipinski definition) is 7. The van der Waals surface area contributed by atoms with Gasteiger partial charge >= 0.3 is 5.82 Å². The molecule has 9 nitrogen and oxygen atoms in total. The molecule has 1 aliphatic heterocycles. The van der Waals surface area contributed by atoms with Gasteiger partial charge in [0.25, 0.3) is 0 Å². The average Bonchev–Trinajstić information content (AvgIpc) is 3.21. The SMILES string of the molecule is CCOc1cc2c(cc1CNc1ccc3ncc([N+](=O)[O-])n3n1)OC(C)C2. The summed E-state index contributed by atoms with van der Waals surface area (Å²) in [5.74, 6) is 2.00. The molecule has 1 unspecified atom stereocenters. The van der Waals surface area contributed by atoms with E-state index in [9.17, 15) is 10.1 Å². The van der Waals surface area contributed by atoms with Crippen LogP contribution >= 0.6 is 0 Å². The summed E-state index contributed by atoms with van der Waals surface area (Å²) in [7, 11) is 0. The van der Waals surface area contributed by atoms with Crippen molar-refractivity contribution in [1.29, 1.82) is 0 Å². The van der Waals surface area contributed by atoms with Crippen LogP contribution in [0.25, 0.3) is 5.65 Å². The van der Waals surface area contributed by atoms with Crippen LogP contribution in [0.2, 0.25) is 0 Å². The van der Waals surface area contributed by atoms with E-state index in [1.807, 2.05) is 26.0 Å². The van der Waals surface area contributed by atoms with E-state index in [0.717, 1.165) is 29.0 Å². The minimum atomic E-state index is -0.511. The molecule has 0 saturated carbocycles. The van der Waals surface area contributed by atoms with Gasteiger partial charge in [-0.15, -0.1) is 0 Å². The van der Waals surface area contributed by atoms with Crippen LogP contribution in [-0.4, -0.2) is 32.2 Å². The first-order valence-electron chi connectivity index (χ1n) is 8.73. The molecule has 0 bridgehead atoms. The fourth-order valence-corrected chi connectivity index (χ4v) is 3.18. The molecule has 1 aromatic carbocycles. The Morgan fingerprint density at radius 3 is 3.07 bits per heavy atom. The number of ether oxygens (including phenoxy) is 2. The number of nitrogens with one attached hydrogen (secondary N) is 1. The second kappa shape index (κ2) is 6.75. The number of rotatable bonds is 6. The number of imidazole rings is 1. The smallest absolute Gasteiger partial charge is 0.368 e. The zero-order chi connectivity index (χ0) is 19.0. The molecule has 1 atom stereocenters.